The highest BCUT2D eigenvalue weighted by Crippen LogP contribution is 2.30. The van der Waals surface area contributed by atoms with E-state index in [0.717, 1.165) is 17.7 Å². The molecule has 1 aliphatic carbocycles. The summed E-state index contributed by atoms with van der Waals surface area (Å²) in [5, 5.41) is 3.47. The van der Waals surface area contributed by atoms with Gasteiger partial charge in [-0.3, -0.25) is 9.59 Å². The fraction of sp³-hybridized carbons (Fsp3) is 0.625. The number of carbonyl (C=O) groups excluding carboxylic acids is 2. The predicted molar refractivity (Wildman–Crippen MR) is 86.7 cm³/mol. The molecule has 1 aromatic heterocycles. The van der Waals surface area contributed by atoms with Gasteiger partial charge in [0.1, 0.15) is 5.00 Å². The largest absolute Gasteiger partial charge is 0.366 e. The summed E-state index contributed by atoms with van der Waals surface area (Å²) >= 11 is 1.44. The molecular formula is C16H24N2O2S. The second-order valence-electron chi connectivity index (χ2n) is 5.76. The fourth-order valence-corrected chi connectivity index (χ4v) is 3.91. The van der Waals surface area contributed by atoms with Crippen molar-refractivity contribution in [3.63, 3.8) is 0 Å². The average molecular weight is 308 g/mol. The number of primary amides is 1. The summed E-state index contributed by atoms with van der Waals surface area (Å²) in [6.45, 7) is 2.02. The van der Waals surface area contributed by atoms with E-state index in [0.29, 0.717) is 22.9 Å². The summed E-state index contributed by atoms with van der Waals surface area (Å²) in [6.07, 6.45) is 8.73. The van der Waals surface area contributed by atoms with Crippen molar-refractivity contribution in [1.82, 2.24) is 0 Å². The van der Waals surface area contributed by atoms with Gasteiger partial charge in [-0.2, -0.15) is 0 Å². The number of nitrogens with two attached hydrogens (primary N) is 1. The molecule has 1 saturated carbocycles. The number of hydrogen-bond acceptors (Lipinski definition) is 3. The lowest BCUT2D eigenvalue weighted by molar-refractivity contribution is -0.116. The molecule has 116 valence electrons. The second kappa shape index (κ2) is 7.59. The Bertz CT molecular complexity index is 504. The highest BCUT2D eigenvalue weighted by atomic mass is 32.1. The first-order valence-electron chi connectivity index (χ1n) is 7.82. The Morgan fingerprint density at radius 2 is 2.05 bits per heavy atom. The Labute approximate surface area is 130 Å². The molecule has 0 unspecified atom stereocenters. The van der Waals surface area contributed by atoms with Crippen molar-refractivity contribution in [2.75, 3.05) is 5.32 Å². The maximum absolute atomic E-state index is 12.1. The Hall–Kier alpha value is -1.36. The zero-order valence-electron chi connectivity index (χ0n) is 12.6. The van der Waals surface area contributed by atoms with Crippen LogP contribution in [-0.4, -0.2) is 11.8 Å². The van der Waals surface area contributed by atoms with Crippen molar-refractivity contribution in [3.8, 4) is 0 Å². The standard InChI is InChI=1S/C16H24N2O2S/c1-2-12-10-13(15(17)20)16(21-12)18-14(19)9-8-11-6-4-3-5-7-11/h10-11H,2-9H2,1H3,(H2,17,20)(H,18,19). The monoisotopic (exact) mass is 308 g/mol. The third-order valence-electron chi connectivity index (χ3n) is 4.15. The van der Waals surface area contributed by atoms with Crippen LogP contribution in [0.1, 0.15) is 67.1 Å². The number of rotatable bonds is 6. The van der Waals surface area contributed by atoms with E-state index in [9.17, 15) is 9.59 Å². The first kappa shape index (κ1) is 16.0. The predicted octanol–water partition coefficient (Wildman–Crippen LogP) is 3.71. The molecule has 1 fully saturated rings. The molecule has 3 N–H and O–H groups in total. The van der Waals surface area contributed by atoms with Crippen LogP contribution in [0.4, 0.5) is 5.00 Å². The van der Waals surface area contributed by atoms with Crippen LogP contribution in [0, 0.1) is 5.92 Å². The second-order valence-corrected chi connectivity index (χ2v) is 6.90. The molecule has 0 spiro atoms. The molecule has 1 aromatic rings. The Morgan fingerprint density at radius 3 is 2.67 bits per heavy atom. The first-order valence-corrected chi connectivity index (χ1v) is 8.64. The average Bonchev–Trinajstić information content (AvgIpc) is 2.89. The van der Waals surface area contributed by atoms with E-state index in [1.165, 1.54) is 43.4 Å². The molecule has 4 nitrogen and oxygen atoms in total. The lowest BCUT2D eigenvalue weighted by Gasteiger charge is -2.20. The molecule has 0 saturated heterocycles. The quantitative estimate of drug-likeness (QED) is 0.841. The van der Waals surface area contributed by atoms with Gasteiger partial charge in [0.25, 0.3) is 5.91 Å². The molecule has 0 aliphatic heterocycles. The minimum atomic E-state index is -0.478. The third kappa shape index (κ3) is 4.56. The molecule has 21 heavy (non-hydrogen) atoms. The van der Waals surface area contributed by atoms with Gasteiger partial charge >= 0.3 is 0 Å². The fourth-order valence-electron chi connectivity index (χ4n) is 2.89. The van der Waals surface area contributed by atoms with E-state index < -0.39 is 5.91 Å². The van der Waals surface area contributed by atoms with Gasteiger partial charge in [0.2, 0.25) is 5.91 Å². The number of nitrogens with one attached hydrogen (secondary N) is 1. The molecular weight excluding hydrogens is 284 g/mol. The molecule has 0 radical (unpaired) electrons. The lowest BCUT2D eigenvalue weighted by Crippen LogP contribution is -2.17. The molecule has 0 aromatic carbocycles. The van der Waals surface area contributed by atoms with Crippen LogP contribution < -0.4 is 11.1 Å². The number of thiophene rings is 1. The normalized spacial score (nSPS) is 15.9. The van der Waals surface area contributed by atoms with Crippen molar-refractivity contribution in [2.24, 2.45) is 11.7 Å². The van der Waals surface area contributed by atoms with Gasteiger partial charge in [-0.15, -0.1) is 11.3 Å². The van der Waals surface area contributed by atoms with Crippen molar-refractivity contribution >= 4 is 28.2 Å². The maximum atomic E-state index is 12.1. The van der Waals surface area contributed by atoms with Crippen LogP contribution in [-0.2, 0) is 11.2 Å². The number of carbonyl (C=O) groups is 2. The number of anilines is 1. The first-order chi connectivity index (χ1) is 10.1. The highest BCUT2D eigenvalue weighted by Gasteiger charge is 2.18. The SMILES string of the molecule is CCc1cc(C(N)=O)c(NC(=O)CCC2CCCCC2)s1. The summed E-state index contributed by atoms with van der Waals surface area (Å²) < 4.78 is 0. The van der Waals surface area contributed by atoms with Gasteiger partial charge in [0.05, 0.1) is 5.56 Å². The van der Waals surface area contributed by atoms with E-state index in [4.69, 9.17) is 5.73 Å². The summed E-state index contributed by atoms with van der Waals surface area (Å²) in [4.78, 5) is 24.5. The van der Waals surface area contributed by atoms with E-state index in [1.54, 1.807) is 6.07 Å². The summed E-state index contributed by atoms with van der Waals surface area (Å²) in [5.74, 6) is 0.204. The Balaban J connectivity index is 1.89. The van der Waals surface area contributed by atoms with Crippen molar-refractivity contribution < 1.29 is 9.59 Å². The molecule has 1 aliphatic rings. The maximum Gasteiger partial charge on any atom is 0.251 e. The zero-order chi connectivity index (χ0) is 15.2. The Kier molecular flexibility index (Phi) is 5.79. The van der Waals surface area contributed by atoms with Gasteiger partial charge in [0.15, 0.2) is 0 Å². The van der Waals surface area contributed by atoms with Crippen LogP contribution in [0.3, 0.4) is 0 Å². The lowest BCUT2D eigenvalue weighted by atomic mass is 9.86. The molecule has 2 amide bonds. The van der Waals surface area contributed by atoms with Gasteiger partial charge < -0.3 is 11.1 Å². The van der Waals surface area contributed by atoms with Crippen LogP contribution in [0.25, 0.3) is 0 Å². The van der Waals surface area contributed by atoms with Crippen LogP contribution >= 0.6 is 11.3 Å². The van der Waals surface area contributed by atoms with Crippen LogP contribution in [0.15, 0.2) is 6.07 Å². The van der Waals surface area contributed by atoms with Crippen molar-refractivity contribution in [3.05, 3.63) is 16.5 Å². The van der Waals surface area contributed by atoms with Gasteiger partial charge in [-0.05, 0) is 24.8 Å². The molecule has 0 atom stereocenters. The van der Waals surface area contributed by atoms with Gasteiger partial charge in [-0.1, -0.05) is 39.0 Å². The van der Waals surface area contributed by atoms with Crippen LogP contribution in [0.2, 0.25) is 0 Å². The topological polar surface area (TPSA) is 72.2 Å². The summed E-state index contributed by atoms with van der Waals surface area (Å²) in [6, 6.07) is 1.78. The van der Waals surface area contributed by atoms with Crippen LogP contribution in [0.5, 0.6) is 0 Å². The smallest absolute Gasteiger partial charge is 0.251 e. The van der Waals surface area contributed by atoms with E-state index in [1.807, 2.05) is 6.92 Å². The third-order valence-corrected chi connectivity index (χ3v) is 5.35. The van der Waals surface area contributed by atoms with E-state index in [2.05, 4.69) is 5.32 Å². The summed E-state index contributed by atoms with van der Waals surface area (Å²) in [7, 11) is 0. The number of aryl methyl sites for hydroxylation is 1. The molecule has 1 heterocycles. The van der Waals surface area contributed by atoms with E-state index in [-0.39, 0.29) is 5.91 Å². The van der Waals surface area contributed by atoms with Gasteiger partial charge in [0, 0.05) is 11.3 Å². The molecule has 0 bridgehead atoms. The minimum Gasteiger partial charge on any atom is -0.366 e. The minimum absolute atomic E-state index is 0.00687. The molecule has 5 heteroatoms. The number of amides is 2. The number of hydrogen-bond donors (Lipinski definition) is 2. The van der Waals surface area contributed by atoms with Gasteiger partial charge in [-0.25, -0.2) is 0 Å². The summed E-state index contributed by atoms with van der Waals surface area (Å²) in [5.41, 5.74) is 5.80. The molecule has 2 rings (SSSR count). The van der Waals surface area contributed by atoms with E-state index >= 15 is 0 Å². The van der Waals surface area contributed by atoms with Crippen molar-refractivity contribution in [1.29, 1.82) is 0 Å². The van der Waals surface area contributed by atoms with Crippen molar-refractivity contribution in [2.45, 2.75) is 58.3 Å². The highest BCUT2D eigenvalue weighted by molar-refractivity contribution is 7.16. The Morgan fingerprint density at radius 1 is 1.33 bits per heavy atom. The zero-order valence-corrected chi connectivity index (χ0v) is 13.4.